The number of likely N-dealkylation sites (N-methyl/N-ethyl adjacent to an activating group) is 1. The van der Waals surface area contributed by atoms with E-state index >= 15 is 0 Å². The standard InChI is InChI=1S/C14H20N2/c1-11(12-6-4-3-5-7-12)16-10-13-8-14(16)9-15(13)2/h3-7,11,13-14H,8-10H2,1-2H3/t11-,13-,14-/m0/s1. The van der Waals surface area contributed by atoms with Gasteiger partial charge in [-0.05, 0) is 26.0 Å². The van der Waals surface area contributed by atoms with E-state index in [1.165, 1.54) is 25.1 Å². The molecular weight excluding hydrogens is 196 g/mol. The summed E-state index contributed by atoms with van der Waals surface area (Å²) in [6, 6.07) is 13.0. The molecule has 86 valence electrons. The Balaban J connectivity index is 1.76. The van der Waals surface area contributed by atoms with Gasteiger partial charge < -0.3 is 4.90 Å². The van der Waals surface area contributed by atoms with Crippen LogP contribution in [0.2, 0.25) is 0 Å². The topological polar surface area (TPSA) is 6.48 Å². The van der Waals surface area contributed by atoms with Gasteiger partial charge in [0.15, 0.2) is 0 Å². The predicted molar refractivity (Wildman–Crippen MR) is 66.4 cm³/mol. The molecule has 0 radical (unpaired) electrons. The lowest BCUT2D eigenvalue weighted by Gasteiger charge is -2.36. The molecule has 2 aliphatic heterocycles. The smallest absolute Gasteiger partial charge is 0.0324 e. The molecule has 2 saturated heterocycles. The van der Waals surface area contributed by atoms with E-state index in [0.717, 1.165) is 12.1 Å². The summed E-state index contributed by atoms with van der Waals surface area (Å²) in [5.74, 6) is 0. The van der Waals surface area contributed by atoms with Gasteiger partial charge in [0, 0.05) is 31.2 Å². The van der Waals surface area contributed by atoms with Gasteiger partial charge in [0.2, 0.25) is 0 Å². The lowest BCUT2D eigenvalue weighted by molar-refractivity contribution is 0.114. The van der Waals surface area contributed by atoms with Crippen molar-refractivity contribution < 1.29 is 0 Å². The fraction of sp³-hybridized carbons (Fsp3) is 0.571. The zero-order valence-electron chi connectivity index (χ0n) is 10.1. The zero-order valence-corrected chi connectivity index (χ0v) is 10.1. The number of rotatable bonds is 2. The molecule has 2 fully saturated rings. The Labute approximate surface area is 97.9 Å². The molecule has 1 aromatic carbocycles. The highest BCUT2D eigenvalue weighted by atomic mass is 15.3. The summed E-state index contributed by atoms with van der Waals surface area (Å²) in [5.41, 5.74) is 1.46. The zero-order chi connectivity index (χ0) is 11.1. The predicted octanol–water partition coefficient (Wildman–Crippen LogP) is 2.14. The number of likely N-dealkylation sites (tertiary alicyclic amines) is 2. The largest absolute Gasteiger partial charge is 0.301 e. The van der Waals surface area contributed by atoms with Gasteiger partial charge in [-0.15, -0.1) is 0 Å². The highest BCUT2D eigenvalue weighted by Gasteiger charge is 2.43. The summed E-state index contributed by atoms with van der Waals surface area (Å²) < 4.78 is 0. The van der Waals surface area contributed by atoms with Crippen molar-refractivity contribution in [1.29, 1.82) is 0 Å². The maximum absolute atomic E-state index is 2.68. The van der Waals surface area contributed by atoms with Crippen LogP contribution in [0, 0.1) is 0 Å². The number of hydrogen-bond acceptors (Lipinski definition) is 2. The van der Waals surface area contributed by atoms with Crippen LogP contribution in [0.3, 0.4) is 0 Å². The lowest BCUT2D eigenvalue weighted by Crippen LogP contribution is -2.45. The lowest BCUT2D eigenvalue weighted by atomic mass is 10.1. The van der Waals surface area contributed by atoms with E-state index in [1.807, 2.05) is 0 Å². The SMILES string of the molecule is C[C@@H](c1ccccc1)N1C[C@@H]2C[C@H]1CN2C. The van der Waals surface area contributed by atoms with E-state index in [4.69, 9.17) is 0 Å². The van der Waals surface area contributed by atoms with Crippen molar-refractivity contribution in [2.45, 2.75) is 31.5 Å². The van der Waals surface area contributed by atoms with Crippen molar-refractivity contribution >= 4 is 0 Å². The molecule has 0 N–H and O–H groups in total. The number of piperazine rings is 1. The van der Waals surface area contributed by atoms with Gasteiger partial charge in [-0.3, -0.25) is 4.90 Å². The molecule has 0 unspecified atom stereocenters. The van der Waals surface area contributed by atoms with Crippen LogP contribution in [-0.2, 0) is 0 Å². The van der Waals surface area contributed by atoms with Crippen LogP contribution in [0.15, 0.2) is 30.3 Å². The quantitative estimate of drug-likeness (QED) is 0.747. The van der Waals surface area contributed by atoms with Crippen molar-refractivity contribution in [3.63, 3.8) is 0 Å². The second kappa shape index (κ2) is 3.86. The van der Waals surface area contributed by atoms with Crippen molar-refractivity contribution in [3.8, 4) is 0 Å². The molecule has 2 aliphatic rings. The second-order valence-electron chi connectivity index (χ2n) is 5.27. The third-order valence-corrected chi connectivity index (χ3v) is 4.34. The van der Waals surface area contributed by atoms with Crippen LogP contribution in [0.1, 0.15) is 24.9 Å². The summed E-state index contributed by atoms with van der Waals surface area (Å²) in [5, 5.41) is 0. The third kappa shape index (κ3) is 1.57. The highest BCUT2D eigenvalue weighted by molar-refractivity contribution is 5.19. The highest BCUT2D eigenvalue weighted by Crippen LogP contribution is 2.35. The second-order valence-corrected chi connectivity index (χ2v) is 5.27. The Bertz CT molecular complexity index is 360. The Morgan fingerprint density at radius 3 is 2.44 bits per heavy atom. The van der Waals surface area contributed by atoms with Crippen molar-refractivity contribution in [3.05, 3.63) is 35.9 Å². The normalized spacial score (nSPS) is 32.1. The molecule has 0 aliphatic carbocycles. The first-order valence-electron chi connectivity index (χ1n) is 6.26. The van der Waals surface area contributed by atoms with E-state index in [9.17, 15) is 0 Å². The fourth-order valence-corrected chi connectivity index (χ4v) is 3.29. The molecule has 2 heteroatoms. The van der Waals surface area contributed by atoms with Crippen LogP contribution in [0.5, 0.6) is 0 Å². The van der Waals surface area contributed by atoms with Gasteiger partial charge in [0.25, 0.3) is 0 Å². The molecule has 3 rings (SSSR count). The number of hydrogen-bond donors (Lipinski definition) is 0. The van der Waals surface area contributed by atoms with Gasteiger partial charge in [0.05, 0.1) is 0 Å². The molecule has 0 spiro atoms. The van der Waals surface area contributed by atoms with Crippen LogP contribution < -0.4 is 0 Å². The maximum atomic E-state index is 2.68. The Kier molecular flexibility index (Phi) is 2.49. The maximum Gasteiger partial charge on any atom is 0.0324 e. The van der Waals surface area contributed by atoms with E-state index in [0.29, 0.717) is 6.04 Å². The fourth-order valence-electron chi connectivity index (χ4n) is 3.29. The molecule has 16 heavy (non-hydrogen) atoms. The van der Waals surface area contributed by atoms with Crippen molar-refractivity contribution in [2.24, 2.45) is 0 Å². The first-order chi connectivity index (χ1) is 7.75. The average molecular weight is 216 g/mol. The Hall–Kier alpha value is -0.860. The van der Waals surface area contributed by atoms with Gasteiger partial charge >= 0.3 is 0 Å². The summed E-state index contributed by atoms with van der Waals surface area (Å²) in [6.45, 7) is 4.84. The van der Waals surface area contributed by atoms with Crippen molar-refractivity contribution in [2.75, 3.05) is 20.1 Å². The summed E-state index contributed by atoms with van der Waals surface area (Å²) >= 11 is 0. The molecule has 2 bridgehead atoms. The van der Waals surface area contributed by atoms with E-state index in [-0.39, 0.29) is 0 Å². The minimum Gasteiger partial charge on any atom is -0.301 e. The molecule has 2 heterocycles. The summed E-state index contributed by atoms with van der Waals surface area (Å²) in [4.78, 5) is 5.19. The molecule has 2 nitrogen and oxygen atoms in total. The van der Waals surface area contributed by atoms with Gasteiger partial charge in [-0.1, -0.05) is 30.3 Å². The van der Waals surface area contributed by atoms with E-state index in [2.05, 4.69) is 54.1 Å². The van der Waals surface area contributed by atoms with Crippen LogP contribution >= 0.6 is 0 Å². The number of nitrogens with zero attached hydrogens (tertiary/aromatic N) is 2. The molecule has 0 amide bonds. The van der Waals surface area contributed by atoms with Gasteiger partial charge in [0.1, 0.15) is 0 Å². The molecule has 3 atom stereocenters. The molecular formula is C14H20N2. The number of benzene rings is 1. The third-order valence-electron chi connectivity index (χ3n) is 4.34. The van der Waals surface area contributed by atoms with Crippen LogP contribution in [-0.4, -0.2) is 42.0 Å². The minimum absolute atomic E-state index is 0.574. The van der Waals surface area contributed by atoms with Crippen LogP contribution in [0.4, 0.5) is 0 Å². The van der Waals surface area contributed by atoms with E-state index in [1.54, 1.807) is 0 Å². The van der Waals surface area contributed by atoms with E-state index < -0.39 is 0 Å². The van der Waals surface area contributed by atoms with Gasteiger partial charge in [-0.25, -0.2) is 0 Å². The Morgan fingerprint density at radius 2 is 1.88 bits per heavy atom. The van der Waals surface area contributed by atoms with Crippen LogP contribution in [0.25, 0.3) is 0 Å². The molecule has 0 aromatic heterocycles. The average Bonchev–Trinajstić information content (AvgIpc) is 2.88. The molecule has 1 aromatic rings. The monoisotopic (exact) mass is 216 g/mol. The summed E-state index contributed by atoms with van der Waals surface area (Å²) in [6.07, 6.45) is 1.37. The summed E-state index contributed by atoms with van der Waals surface area (Å²) in [7, 11) is 2.26. The van der Waals surface area contributed by atoms with Crippen molar-refractivity contribution in [1.82, 2.24) is 9.80 Å². The molecule has 0 saturated carbocycles. The first kappa shape index (κ1) is 10.3. The first-order valence-corrected chi connectivity index (χ1v) is 6.26. The minimum atomic E-state index is 0.574. The van der Waals surface area contributed by atoms with Gasteiger partial charge in [-0.2, -0.15) is 0 Å². The Morgan fingerprint density at radius 1 is 1.12 bits per heavy atom. The number of fused-ring (bicyclic) bond motifs is 2.